The highest BCUT2D eigenvalue weighted by Gasteiger charge is 2.11. The summed E-state index contributed by atoms with van der Waals surface area (Å²) < 4.78 is 0.830. The minimum absolute atomic E-state index is 0.492. The molecule has 0 atom stereocenters. The van der Waals surface area contributed by atoms with Gasteiger partial charge in [0.2, 0.25) is 0 Å². The Morgan fingerprint density at radius 1 is 1.33 bits per heavy atom. The monoisotopic (exact) mass is 265 g/mol. The molecule has 0 amide bonds. The predicted molar refractivity (Wildman–Crippen MR) is 65.6 cm³/mol. The zero-order chi connectivity index (χ0) is 11.0. The van der Waals surface area contributed by atoms with Crippen LogP contribution in [0.1, 0.15) is 11.1 Å². The maximum atomic E-state index is 5.68. The van der Waals surface area contributed by atoms with Crippen LogP contribution in [0.2, 0.25) is 0 Å². The van der Waals surface area contributed by atoms with Crippen LogP contribution in [0.5, 0.6) is 0 Å². The fourth-order valence-electron chi connectivity index (χ4n) is 1.53. The van der Waals surface area contributed by atoms with Crippen molar-refractivity contribution in [2.75, 3.05) is 5.73 Å². The van der Waals surface area contributed by atoms with E-state index in [-0.39, 0.29) is 0 Å². The van der Waals surface area contributed by atoms with Crippen molar-refractivity contribution in [3.63, 3.8) is 0 Å². The van der Waals surface area contributed by atoms with Crippen LogP contribution in [-0.2, 0) is 0 Å². The third kappa shape index (κ3) is 1.77. The molecule has 0 saturated carbocycles. The number of hydrogen-bond donors (Lipinski definition) is 2. The molecular formula is C11H12BrN3. The number of aryl methyl sites for hydroxylation is 2. The standard InChI is InChI=1S/C11H12BrN3/c1-6-3-4-7(2)8(5-6)10-9(12)11(13)15-14-10/h3-5H,1-2H3,(H3,13,14,15). The maximum Gasteiger partial charge on any atom is 0.160 e. The molecule has 78 valence electrons. The summed E-state index contributed by atoms with van der Waals surface area (Å²) in [7, 11) is 0. The summed E-state index contributed by atoms with van der Waals surface area (Å²) in [5.41, 5.74) is 10.2. The first kappa shape index (κ1) is 10.2. The molecule has 0 unspecified atom stereocenters. The van der Waals surface area contributed by atoms with Crippen LogP contribution in [0, 0.1) is 13.8 Å². The summed E-state index contributed by atoms with van der Waals surface area (Å²) in [6.07, 6.45) is 0. The van der Waals surface area contributed by atoms with Crippen molar-refractivity contribution in [3.05, 3.63) is 33.8 Å². The predicted octanol–water partition coefficient (Wildman–Crippen LogP) is 3.04. The number of aromatic nitrogens is 2. The summed E-state index contributed by atoms with van der Waals surface area (Å²) >= 11 is 3.43. The molecule has 0 bridgehead atoms. The summed E-state index contributed by atoms with van der Waals surface area (Å²) in [6, 6.07) is 6.30. The van der Waals surface area contributed by atoms with Crippen molar-refractivity contribution >= 4 is 21.7 Å². The van der Waals surface area contributed by atoms with Crippen molar-refractivity contribution in [1.82, 2.24) is 10.2 Å². The number of anilines is 1. The van der Waals surface area contributed by atoms with E-state index < -0.39 is 0 Å². The fraction of sp³-hybridized carbons (Fsp3) is 0.182. The van der Waals surface area contributed by atoms with E-state index in [0.29, 0.717) is 5.82 Å². The van der Waals surface area contributed by atoms with Crippen LogP contribution < -0.4 is 5.73 Å². The van der Waals surface area contributed by atoms with Gasteiger partial charge in [-0.15, -0.1) is 0 Å². The molecule has 15 heavy (non-hydrogen) atoms. The van der Waals surface area contributed by atoms with E-state index in [4.69, 9.17) is 5.73 Å². The van der Waals surface area contributed by atoms with E-state index in [1.807, 2.05) is 0 Å². The van der Waals surface area contributed by atoms with Crippen LogP contribution >= 0.6 is 15.9 Å². The number of nitrogens with two attached hydrogens (primary N) is 1. The number of halogens is 1. The molecular weight excluding hydrogens is 254 g/mol. The lowest BCUT2D eigenvalue weighted by atomic mass is 10.0. The van der Waals surface area contributed by atoms with Crippen LogP contribution in [0.4, 0.5) is 5.82 Å². The van der Waals surface area contributed by atoms with Crippen molar-refractivity contribution in [1.29, 1.82) is 0 Å². The Balaban J connectivity index is 2.63. The number of H-pyrrole nitrogens is 1. The molecule has 0 spiro atoms. The molecule has 4 heteroatoms. The van der Waals surface area contributed by atoms with Gasteiger partial charge in [-0.2, -0.15) is 5.10 Å². The highest BCUT2D eigenvalue weighted by Crippen LogP contribution is 2.32. The molecule has 0 saturated heterocycles. The van der Waals surface area contributed by atoms with Gasteiger partial charge < -0.3 is 5.73 Å². The average Bonchev–Trinajstić information content (AvgIpc) is 2.52. The van der Waals surface area contributed by atoms with E-state index in [2.05, 4.69) is 58.2 Å². The normalized spacial score (nSPS) is 10.6. The second-order valence-corrected chi connectivity index (χ2v) is 4.41. The van der Waals surface area contributed by atoms with Crippen molar-refractivity contribution in [2.45, 2.75) is 13.8 Å². The Bertz CT molecular complexity index is 503. The number of benzene rings is 1. The molecule has 1 heterocycles. The Labute approximate surface area is 96.8 Å². The largest absolute Gasteiger partial charge is 0.381 e. The van der Waals surface area contributed by atoms with Gasteiger partial charge in [-0.25, -0.2) is 0 Å². The second kappa shape index (κ2) is 3.70. The van der Waals surface area contributed by atoms with E-state index >= 15 is 0 Å². The van der Waals surface area contributed by atoms with Crippen molar-refractivity contribution < 1.29 is 0 Å². The second-order valence-electron chi connectivity index (χ2n) is 3.62. The van der Waals surface area contributed by atoms with Crippen LogP contribution in [0.25, 0.3) is 11.3 Å². The zero-order valence-electron chi connectivity index (χ0n) is 8.63. The van der Waals surface area contributed by atoms with Gasteiger partial charge in [0, 0.05) is 5.56 Å². The number of nitrogens with one attached hydrogen (secondary N) is 1. The third-order valence-electron chi connectivity index (χ3n) is 2.39. The smallest absolute Gasteiger partial charge is 0.160 e. The van der Waals surface area contributed by atoms with Gasteiger partial charge in [-0.1, -0.05) is 17.7 Å². The molecule has 2 rings (SSSR count). The summed E-state index contributed by atoms with van der Waals surface area (Å²) in [6.45, 7) is 4.13. The third-order valence-corrected chi connectivity index (χ3v) is 3.20. The van der Waals surface area contributed by atoms with E-state index in [1.165, 1.54) is 11.1 Å². The summed E-state index contributed by atoms with van der Waals surface area (Å²) in [5, 5.41) is 6.91. The maximum absolute atomic E-state index is 5.68. The van der Waals surface area contributed by atoms with Gasteiger partial charge in [0.05, 0.1) is 10.2 Å². The minimum Gasteiger partial charge on any atom is -0.381 e. The van der Waals surface area contributed by atoms with E-state index in [1.54, 1.807) is 0 Å². The number of nitrogens with zero attached hydrogens (tertiary/aromatic N) is 1. The van der Waals surface area contributed by atoms with Gasteiger partial charge >= 0.3 is 0 Å². The SMILES string of the molecule is Cc1ccc(C)c(-c2[nH]nc(N)c2Br)c1. The molecule has 1 aromatic carbocycles. The number of hydrogen-bond acceptors (Lipinski definition) is 2. The van der Waals surface area contributed by atoms with Crippen LogP contribution in [0.3, 0.4) is 0 Å². The first-order valence-electron chi connectivity index (χ1n) is 4.66. The highest BCUT2D eigenvalue weighted by atomic mass is 79.9. The van der Waals surface area contributed by atoms with Crippen LogP contribution in [0.15, 0.2) is 22.7 Å². The van der Waals surface area contributed by atoms with Gasteiger partial charge in [0.15, 0.2) is 5.82 Å². The fourth-order valence-corrected chi connectivity index (χ4v) is 1.92. The average molecular weight is 266 g/mol. The molecule has 0 fully saturated rings. The number of rotatable bonds is 1. The zero-order valence-corrected chi connectivity index (χ0v) is 10.2. The molecule has 0 aliphatic heterocycles. The summed E-state index contributed by atoms with van der Waals surface area (Å²) in [4.78, 5) is 0. The van der Waals surface area contributed by atoms with E-state index in [0.717, 1.165) is 15.7 Å². The minimum atomic E-state index is 0.492. The Kier molecular flexibility index (Phi) is 2.52. The first-order chi connectivity index (χ1) is 7.09. The lowest BCUT2D eigenvalue weighted by molar-refractivity contribution is 1.10. The molecule has 3 nitrogen and oxygen atoms in total. The van der Waals surface area contributed by atoms with Crippen LogP contribution in [-0.4, -0.2) is 10.2 Å². The summed E-state index contributed by atoms with van der Waals surface area (Å²) in [5.74, 6) is 0.492. The molecule has 0 aliphatic carbocycles. The first-order valence-corrected chi connectivity index (χ1v) is 5.46. The molecule has 0 radical (unpaired) electrons. The Hall–Kier alpha value is -1.29. The molecule has 1 aromatic heterocycles. The number of aromatic amines is 1. The van der Waals surface area contributed by atoms with Crippen molar-refractivity contribution in [2.24, 2.45) is 0 Å². The Morgan fingerprint density at radius 2 is 2.07 bits per heavy atom. The van der Waals surface area contributed by atoms with Gasteiger partial charge in [-0.3, -0.25) is 5.10 Å². The van der Waals surface area contributed by atoms with Crippen molar-refractivity contribution in [3.8, 4) is 11.3 Å². The lowest BCUT2D eigenvalue weighted by Crippen LogP contribution is -1.86. The van der Waals surface area contributed by atoms with Gasteiger partial charge in [-0.05, 0) is 41.4 Å². The lowest BCUT2D eigenvalue weighted by Gasteiger charge is -2.05. The molecule has 0 aliphatic rings. The topological polar surface area (TPSA) is 54.7 Å². The van der Waals surface area contributed by atoms with Gasteiger partial charge in [0.25, 0.3) is 0 Å². The molecule has 3 N–H and O–H groups in total. The highest BCUT2D eigenvalue weighted by molar-refractivity contribution is 9.10. The Morgan fingerprint density at radius 3 is 2.67 bits per heavy atom. The van der Waals surface area contributed by atoms with E-state index in [9.17, 15) is 0 Å². The quantitative estimate of drug-likeness (QED) is 0.833. The number of nitrogen functional groups attached to an aromatic ring is 1. The van der Waals surface area contributed by atoms with Gasteiger partial charge in [0.1, 0.15) is 0 Å². The molecule has 2 aromatic rings.